The maximum absolute atomic E-state index is 12.1. The minimum Gasteiger partial charge on any atom is -0.377 e. The van der Waals surface area contributed by atoms with E-state index in [1.807, 2.05) is 13.8 Å². The summed E-state index contributed by atoms with van der Waals surface area (Å²) in [7, 11) is 0. The summed E-state index contributed by atoms with van der Waals surface area (Å²) in [4.78, 5) is 2.21. The Kier molecular flexibility index (Phi) is 3.47. The van der Waals surface area contributed by atoms with Gasteiger partial charge in [-0.25, -0.2) is 0 Å². The van der Waals surface area contributed by atoms with Crippen molar-refractivity contribution in [2.75, 3.05) is 19.7 Å². The average Bonchev–Trinajstić information content (AvgIpc) is 2.38. The molecule has 5 heteroatoms. The molecule has 0 aliphatic carbocycles. The van der Waals surface area contributed by atoms with Gasteiger partial charge in [0.15, 0.2) is 0 Å². The number of fused-ring (bicyclic) bond motifs is 1. The van der Waals surface area contributed by atoms with Crippen LogP contribution in [0.5, 0.6) is 0 Å². The van der Waals surface area contributed by atoms with Crippen LogP contribution in [0.4, 0.5) is 8.78 Å². The largest absolute Gasteiger partial charge is 0.377 e. The molecule has 3 nitrogen and oxygen atoms in total. The van der Waals surface area contributed by atoms with Crippen LogP contribution in [0, 0.1) is 0 Å². The van der Waals surface area contributed by atoms with Crippen molar-refractivity contribution in [3.05, 3.63) is 0 Å². The maximum Gasteiger partial charge on any atom is 0.345 e. The van der Waals surface area contributed by atoms with Crippen LogP contribution in [0.15, 0.2) is 0 Å². The number of nitrogens with zero attached hydrogens (tertiary/aromatic N) is 1. The summed E-state index contributed by atoms with van der Waals surface area (Å²) in [5, 5.41) is 0. The monoisotopic (exact) mass is 235 g/mol. The number of rotatable bonds is 5. The van der Waals surface area contributed by atoms with Crippen LogP contribution in [0.3, 0.4) is 0 Å². The topological polar surface area (TPSA) is 21.7 Å². The lowest BCUT2D eigenvalue weighted by atomic mass is 9.85. The van der Waals surface area contributed by atoms with E-state index in [-0.39, 0.29) is 17.7 Å². The van der Waals surface area contributed by atoms with Crippen molar-refractivity contribution in [3.63, 3.8) is 0 Å². The van der Waals surface area contributed by atoms with Crippen LogP contribution < -0.4 is 0 Å². The predicted octanol–water partition coefficient (Wildman–Crippen LogP) is 1.87. The molecule has 2 saturated heterocycles. The Morgan fingerprint density at radius 1 is 1.44 bits per heavy atom. The van der Waals surface area contributed by atoms with E-state index in [2.05, 4.69) is 9.64 Å². The number of hydrogen-bond donors (Lipinski definition) is 0. The molecule has 94 valence electrons. The fraction of sp³-hybridized carbons (Fsp3) is 1.00. The molecule has 0 aromatic rings. The summed E-state index contributed by atoms with van der Waals surface area (Å²) in [5.74, 6) is 0. The lowest BCUT2D eigenvalue weighted by Crippen LogP contribution is -2.58. The second kappa shape index (κ2) is 4.55. The van der Waals surface area contributed by atoms with Gasteiger partial charge in [0.2, 0.25) is 0 Å². The van der Waals surface area contributed by atoms with Gasteiger partial charge in [-0.3, -0.25) is 4.90 Å². The first-order chi connectivity index (χ1) is 7.52. The van der Waals surface area contributed by atoms with Crippen molar-refractivity contribution >= 4 is 0 Å². The van der Waals surface area contributed by atoms with Gasteiger partial charge in [0, 0.05) is 18.6 Å². The van der Waals surface area contributed by atoms with Gasteiger partial charge >= 0.3 is 6.61 Å². The third kappa shape index (κ3) is 2.36. The van der Waals surface area contributed by atoms with Gasteiger partial charge in [-0.15, -0.1) is 0 Å². The van der Waals surface area contributed by atoms with Crippen LogP contribution in [0.2, 0.25) is 0 Å². The van der Waals surface area contributed by atoms with Gasteiger partial charge in [-0.2, -0.15) is 8.78 Å². The highest BCUT2D eigenvalue weighted by Gasteiger charge is 2.52. The van der Waals surface area contributed by atoms with Gasteiger partial charge in [-0.05, 0) is 26.7 Å². The minimum atomic E-state index is -2.66. The highest BCUT2D eigenvalue weighted by molar-refractivity contribution is 5.07. The Morgan fingerprint density at radius 2 is 2.19 bits per heavy atom. The molecule has 0 amide bonds. The van der Waals surface area contributed by atoms with Crippen LogP contribution in [-0.4, -0.2) is 49.0 Å². The summed E-state index contributed by atoms with van der Waals surface area (Å²) in [6.45, 7) is 3.54. The Bertz CT molecular complexity index is 250. The fourth-order valence-corrected chi connectivity index (χ4v) is 2.62. The molecule has 2 fully saturated rings. The van der Waals surface area contributed by atoms with E-state index in [0.717, 1.165) is 13.0 Å². The first-order valence-corrected chi connectivity index (χ1v) is 5.82. The molecule has 2 aliphatic rings. The zero-order valence-corrected chi connectivity index (χ0v) is 9.79. The molecule has 0 N–H and O–H groups in total. The van der Waals surface area contributed by atoms with Gasteiger partial charge < -0.3 is 9.47 Å². The van der Waals surface area contributed by atoms with Crippen LogP contribution in [-0.2, 0) is 9.47 Å². The van der Waals surface area contributed by atoms with Gasteiger partial charge in [0.25, 0.3) is 0 Å². The molecule has 0 radical (unpaired) electrons. The zero-order chi connectivity index (χ0) is 11.8. The highest BCUT2D eigenvalue weighted by Crippen LogP contribution is 2.42. The fourth-order valence-electron chi connectivity index (χ4n) is 2.62. The van der Waals surface area contributed by atoms with Gasteiger partial charge in [0.1, 0.15) is 0 Å². The first kappa shape index (κ1) is 12.2. The van der Waals surface area contributed by atoms with E-state index in [1.54, 1.807) is 0 Å². The van der Waals surface area contributed by atoms with E-state index in [9.17, 15) is 8.78 Å². The third-order valence-electron chi connectivity index (χ3n) is 3.53. The number of halogens is 2. The van der Waals surface area contributed by atoms with Crippen LogP contribution >= 0.6 is 0 Å². The van der Waals surface area contributed by atoms with Crippen molar-refractivity contribution in [1.82, 2.24) is 4.90 Å². The summed E-state index contributed by atoms with van der Waals surface area (Å²) >= 11 is 0. The van der Waals surface area contributed by atoms with E-state index in [0.29, 0.717) is 19.6 Å². The first-order valence-electron chi connectivity index (χ1n) is 5.82. The van der Waals surface area contributed by atoms with E-state index < -0.39 is 6.61 Å². The molecule has 2 heterocycles. The lowest BCUT2D eigenvalue weighted by Gasteiger charge is -2.48. The van der Waals surface area contributed by atoms with Crippen LogP contribution in [0.1, 0.15) is 26.7 Å². The second-order valence-electron chi connectivity index (χ2n) is 5.00. The second-order valence-corrected chi connectivity index (χ2v) is 5.00. The molecule has 0 aromatic heterocycles. The summed E-state index contributed by atoms with van der Waals surface area (Å²) in [5.41, 5.74) is -0.0240. The van der Waals surface area contributed by atoms with Crippen molar-refractivity contribution in [2.24, 2.45) is 0 Å². The Labute approximate surface area is 94.7 Å². The van der Waals surface area contributed by atoms with E-state index in [1.165, 1.54) is 0 Å². The van der Waals surface area contributed by atoms with Crippen LogP contribution in [0.25, 0.3) is 0 Å². The van der Waals surface area contributed by atoms with Gasteiger partial charge in [0.05, 0.1) is 18.8 Å². The summed E-state index contributed by atoms with van der Waals surface area (Å²) < 4.78 is 34.5. The highest BCUT2D eigenvalue weighted by atomic mass is 19.3. The van der Waals surface area contributed by atoms with Crippen molar-refractivity contribution < 1.29 is 18.3 Å². The molecule has 2 rings (SSSR count). The molecule has 0 unspecified atom stereocenters. The molecule has 0 saturated carbocycles. The summed E-state index contributed by atoms with van der Waals surface area (Å²) in [6, 6.07) is 0. The van der Waals surface area contributed by atoms with Crippen molar-refractivity contribution in [2.45, 2.75) is 51.0 Å². The quantitative estimate of drug-likeness (QED) is 0.726. The standard InChI is InChI=1S/C11H19F2NO2/c1-8(2)15-7-11-3-4-14(11)6-9(5-11)16-10(12)13/h8-10H,3-7H2,1-2H3/t9-,11+/m0/s1. The Morgan fingerprint density at radius 3 is 2.69 bits per heavy atom. The predicted molar refractivity (Wildman–Crippen MR) is 55.5 cm³/mol. The lowest BCUT2D eigenvalue weighted by molar-refractivity contribution is -0.158. The number of alkyl halides is 2. The molecule has 16 heavy (non-hydrogen) atoms. The number of ether oxygens (including phenoxy) is 2. The molecular weight excluding hydrogens is 216 g/mol. The van der Waals surface area contributed by atoms with E-state index >= 15 is 0 Å². The molecule has 2 atom stereocenters. The minimum absolute atomic E-state index is 0.0240. The van der Waals surface area contributed by atoms with Gasteiger partial charge in [-0.1, -0.05) is 0 Å². The molecule has 2 aliphatic heterocycles. The normalized spacial score (nSPS) is 34.5. The van der Waals surface area contributed by atoms with Crippen molar-refractivity contribution in [3.8, 4) is 0 Å². The SMILES string of the molecule is CC(C)OC[C@]12CCN1C[C@@H](OC(F)F)C2. The molecule has 0 aromatic carbocycles. The Hall–Kier alpha value is -0.260. The smallest absolute Gasteiger partial charge is 0.345 e. The molecule has 0 bridgehead atoms. The zero-order valence-electron chi connectivity index (χ0n) is 9.79. The third-order valence-corrected chi connectivity index (χ3v) is 3.53. The molecule has 0 spiro atoms. The average molecular weight is 235 g/mol. The van der Waals surface area contributed by atoms with Crippen molar-refractivity contribution in [1.29, 1.82) is 0 Å². The Balaban J connectivity index is 1.86. The van der Waals surface area contributed by atoms with E-state index in [4.69, 9.17) is 4.74 Å². The number of hydrogen-bond acceptors (Lipinski definition) is 3. The maximum atomic E-state index is 12.1. The summed E-state index contributed by atoms with van der Waals surface area (Å²) in [6.07, 6.45) is 1.55. The molecular formula is C11H19F2NO2.